The van der Waals surface area contributed by atoms with E-state index < -0.39 is 33.4 Å². The Kier molecular flexibility index (Phi) is 7.36. The first-order valence-electron chi connectivity index (χ1n) is 8.18. The largest absolute Gasteiger partial charge is 0.475 e. The van der Waals surface area contributed by atoms with Crippen molar-refractivity contribution in [1.82, 2.24) is 0 Å². The summed E-state index contributed by atoms with van der Waals surface area (Å²) in [5, 5.41) is 0. The van der Waals surface area contributed by atoms with Crippen molar-refractivity contribution in [3.63, 3.8) is 0 Å². The van der Waals surface area contributed by atoms with E-state index in [9.17, 15) is 35.1 Å². The fraction of sp³-hybridized carbons (Fsp3) is 0.263. The van der Waals surface area contributed by atoms with Gasteiger partial charge >= 0.3 is 21.9 Å². The molecule has 0 aliphatic rings. The Hall–Kier alpha value is -1.82. The van der Waals surface area contributed by atoms with Crippen molar-refractivity contribution in [2.45, 2.75) is 28.8 Å². The minimum Gasteiger partial charge on any atom is -0.427 e. The van der Waals surface area contributed by atoms with Gasteiger partial charge in [0.25, 0.3) is 0 Å². The predicted molar refractivity (Wildman–Crippen MR) is 105 cm³/mol. The third-order valence-electron chi connectivity index (χ3n) is 3.73. The smallest absolute Gasteiger partial charge is 0.427 e. The highest BCUT2D eigenvalue weighted by atomic mass is 79.9. The van der Waals surface area contributed by atoms with Crippen molar-refractivity contribution in [3.05, 3.63) is 59.7 Å². The molecule has 170 valence electrons. The maximum Gasteiger partial charge on any atom is 0.475 e. The zero-order valence-electron chi connectivity index (χ0n) is 15.3. The molecule has 12 heteroatoms. The fourth-order valence-corrected chi connectivity index (χ4v) is 2.32. The number of ether oxygens (including phenoxy) is 2. The van der Waals surface area contributed by atoms with Gasteiger partial charge in [-0.25, -0.2) is 0 Å². The SMILES string of the molecule is C/C(=C\c1ccc(OC(F)(F)C(F)(F)Br)cc1)c1ccc(OC(F)(F)C(F)(F)Br)cc1. The van der Waals surface area contributed by atoms with Crippen LogP contribution in [-0.2, 0) is 0 Å². The van der Waals surface area contributed by atoms with Gasteiger partial charge < -0.3 is 9.47 Å². The molecule has 0 N–H and O–H groups in total. The Balaban J connectivity index is 2.11. The molecule has 0 heterocycles. The molecule has 0 aromatic heterocycles. The summed E-state index contributed by atoms with van der Waals surface area (Å²) < 4.78 is 112. The van der Waals surface area contributed by atoms with Crippen molar-refractivity contribution in [3.8, 4) is 11.5 Å². The first-order chi connectivity index (χ1) is 14.0. The second-order valence-corrected chi connectivity index (χ2v) is 8.15. The summed E-state index contributed by atoms with van der Waals surface area (Å²) in [5.41, 5.74) is 1.60. The van der Waals surface area contributed by atoms with Crippen molar-refractivity contribution < 1.29 is 44.6 Å². The molecule has 0 amide bonds. The van der Waals surface area contributed by atoms with Gasteiger partial charge in [-0.2, -0.15) is 35.1 Å². The normalized spacial score (nSPS) is 13.8. The monoisotopic (exact) mass is 582 g/mol. The second-order valence-electron chi connectivity index (χ2n) is 6.15. The van der Waals surface area contributed by atoms with Gasteiger partial charge in [-0.3, -0.25) is 0 Å². The number of rotatable bonds is 8. The van der Waals surface area contributed by atoms with E-state index >= 15 is 0 Å². The Morgan fingerprint density at radius 2 is 1.03 bits per heavy atom. The maximum atomic E-state index is 13.2. The van der Waals surface area contributed by atoms with Crippen LogP contribution in [0.4, 0.5) is 35.1 Å². The van der Waals surface area contributed by atoms with Gasteiger partial charge in [0.1, 0.15) is 11.5 Å². The van der Waals surface area contributed by atoms with E-state index in [0.29, 0.717) is 16.7 Å². The van der Waals surface area contributed by atoms with E-state index in [1.54, 1.807) is 44.9 Å². The highest BCUT2D eigenvalue weighted by molar-refractivity contribution is 9.10. The van der Waals surface area contributed by atoms with Gasteiger partial charge in [0.05, 0.1) is 0 Å². The molecule has 2 rings (SSSR count). The molecule has 0 atom stereocenters. The Labute approximate surface area is 188 Å². The molecular formula is C19H12Br2F8O2. The first-order valence-corrected chi connectivity index (χ1v) is 9.76. The molecule has 0 spiro atoms. The molecule has 2 nitrogen and oxygen atoms in total. The van der Waals surface area contributed by atoms with E-state index in [4.69, 9.17) is 0 Å². The number of hydrogen-bond acceptors (Lipinski definition) is 2. The molecule has 0 aliphatic carbocycles. The molecule has 0 aliphatic heterocycles. The summed E-state index contributed by atoms with van der Waals surface area (Å²) in [6.07, 6.45) is -7.95. The summed E-state index contributed by atoms with van der Waals surface area (Å²) in [5.74, 6) is -0.989. The lowest BCUT2D eigenvalue weighted by Crippen LogP contribution is -2.40. The molecule has 0 unspecified atom stereocenters. The summed E-state index contributed by atoms with van der Waals surface area (Å²) >= 11 is 3.11. The van der Waals surface area contributed by atoms with Crippen LogP contribution in [0.25, 0.3) is 11.6 Å². The van der Waals surface area contributed by atoms with E-state index in [2.05, 4.69) is 9.47 Å². The summed E-state index contributed by atoms with van der Waals surface area (Å²) in [7, 11) is 0. The molecular weight excluding hydrogens is 572 g/mol. The van der Waals surface area contributed by atoms with Crippen LogP contribution in [0.15, 0.2) is 48.5 Å². The zero-order valence-corrected chi connectivity index (χ0v) is 18.5. The molecule has 0 radical (unpaired) electrons. The highest BCUT2D eigenvalue weighted by Crippen LogP contribution is 2.42. The van der Waals surface area contributed by atoms with Gasteiger partial charge in [0.15, 0.2) is 0 Å². The van der Waals surface area contributed by atoms with Gasteiger partial charge in [-0.1, -0.05) is 30.3 Å². The summed E-state index contributed by atoms with van der Waals surface area (Å²) in [4.78, 5) is -9.11. The fourth-order valence-electron chi connectivity index (χ4n) is 2.16. The molecule has 0 bridgehead atoms. The summed E-state index contributed by atoms with van der Waals surface area (Å²) in [6.45, 7) is 1.64. The van der Waals surface area contributed by atoms with Crippen LogP contribution >= 0.6 is 31.9 Å². The van der Waals surface area contributed by atoms with E-state index in [0.717, 1.165) is 24.3 Å². The van der Waals surface area contributed by atoms with Crippen LogP contribution in [0.3, 0.4) is 0 Å². The highest BCUT2D eigenvalue weighted by Gasteiger charge is 2.58. The lowest BCUT2D eigenvalue weighted by molar-refractivity contribution is -0.266. The lowest BCUT2D eigenvalue weighted by Gasteiger charge is -2.22. The van der Waals surface area contributed by atoms with Crippen LogP contribution in [0.1, 0.15) is 18.1 Å². The standard InChI is InChI=1S/C19H12Br2F8O2/c1-11(13-4-8-15(9-5-13)31-19(28,29)17(21,24)25)10-12-2-6-14(7-3-12)30-18(26,27)16(20,22)23/h2-10H,1H3/b11-10+. The second kappa shape index (κ2) is 8.97. The van der Waals surface area contributed by atoms with Crippen LogP contribution in [0, 0.1) is 0 Å². The molecule has 0 saturated heterocycles. The Bertz CT molecular complexity index is 918. The van der Waals surface area contributed by atoms with E-state index in [-0.39, 0.29) is 0 Å². The van der Waals surface area contributed by atoms with Gasteiger partial charge in [0.2, 0.25) is 0 Å². The average Bonchev–Trinajstić information content (AvgIpc) is 2.61. The zero-order chi connectivity index (χ0) is 23.7. The maximum absolute atomic E-state index is 13.2. The van der Waals surface area contributed by atoms with Gasteiger partial charge in [-0.05, 0) is 47.9 Å². The minimum atomic E-state index is -4.77. The lowest BCUT2D eigenvalue weighted by atomic mass is 10.0. The van der Waals surface area contributed by atoms with Gasteiger partial charge in [-0.15, -0.1) is 0 Å². The van der Waals surface area contributed by atoms with Crippen LogP contribution < -0.4 is 9.47 Å². The van der Waals surface area contributed by atoms with E-state index in [1.165, 1.54) is 24.3 Å². The molecule has 31 heavy (non-hydrogen) atoms. The van der Waals surface area contributed by atoms with Crippen molar-refractivity contribution >= 4 is 43.5 Å². The van der Waals surface area contributed by atoms with Crippen LogP contribution in [0.5, 0.6) is 11.5 Å². The molecule has 2 aromatic carbocycles. The van der Waals surface area contributed by atoms with Crippen LogP contribution in [0.2, 0.25) is 0 Å². The third-order valence-corrected chi connectivity index (χ3v) is 4.65. The molecule has 0 saturated carbocycles. The molecule has 0 fully saturated rings. The van der Waals surface area contributed by atoms with Gasteiger partial charge in [0, 0.05) is 31.9 Å². The Morgan fingerprint density at radius 1 is 0.677 bits per heavy atom. The number of allylic oxidation sites excluding steroid dienone is 1. The number of alkyl halides is 10. The van der Waals surface area contributed by atoms with Crippen molar-refractivity contribution in [1.29, 1.82) is 0 Å². The van der Waals surface area contributed by atoms with E-state index in [1.807, 2.05) is 0 Å². The quantitative estimate of drug-likeness (QED) is 0.177. The number of halogens is 10. The first kappa shape index (κ1) is 25.4. The topological polar surface area (TPSA) is 18.5 Å². The van der Waals surface area contributed by atoms with Crippen molar-refractivity contribution in [2.24, 2.45) is 0 Å². The summed E-state index contributed by atoms with van der Waals surface area (Å²) in [6, 6.07) is 9.61. The average molecular weight is 584 g/mol. The molecule has 2 aromatic rings. The van der Waals surface area contributed by atoms with Crippen LogP contribution in [-0.4, -0.2) is 21.9 Å². The third kappa shape index (κ3) is 6.58. The Morgan fingerprint density at radius 3 is 1.39 bits per heavy atom. The number of hydrogen-bond donors (Lipinski definition) is 0. The van der Waals surface area contributed by atoms with Crippen molar-refractivity contribution in [2.75, 3.05) is 0 Å². The number of benzene rings is 2. The predicted octanol–water partition coefficient (Wildman–Crippen LogP) is 8.17. The minimum absolute atomic E-state index is 0.490.